The van der Waals surface area contributed by atoms with Crippen LogP contribution in [0.1, 0.15) is 20.8 Å². The highest BCUT2D eigenvalue weighted by molar-refractivity contribution is 8.01. The Balaban J connectivity index is 1.86. The summed E-state index contributed by atoms with van der Waals surface area (Å²) < 4.78 is 30.0. The molecule has 1 aromatic heterocycles. The first-order chi connectivity index (χ1) is 16.3. The van der Waals surface area contributed by atoms with Crippen LogP contribution < -0.4 is 25.3 Å². The van der Waals surface area contributed by atoms with E-state index in [1.54, 1.807) is 6.07 Å². The third-order valence-corrected chi connectivity index (χ3v) is 7.12. The number of nitrogen functional groups attached to an aromatic ring is 1. The van der Waals surface area contributed by atoms with Gasteiger partial charge in [0.1, 0.15) is 22.3 Å². The molecule has 0 bridgehead atoms. The highest BCUT2D eigenvalue weighted by Crippen LogP contribution is 2.42. The molecule has 0 aliphatic carbocycles. The van der Waals surface area contributed by atoms with Gasteiger partial charge in [-0.25, -0.2) is 4.39 Å². The van der Waals surface area contributed by atoms with Gasteiger partial charge in [0.15, 0.2) is 11.5 Å². The van der Waals surface area contributed by atoms with E-state index in [2.05, 4.69) is 5.32 Å². The zero-order valence-electron chi connectivity index (χ0n) is 18.4. The summed E-state index contributed by atoms with van der Waals surface area (Å²) in [4.78, 5) is 25.7. The van der Waals surface area contributed by atoms with Crippen molar-refractivity contribution in [3.63, 3.8) is 0 Å². The topological polar surface area (TPSA) is 124 Å². The Hall–Kier alpha value is -3.75. The molecule has 0 aliphatic rings. The van der Waals surface area contributed by atoms with E-state index in [1.807, 2.05) is 6.07 Å². The van der Waals surface area contributed by atoms with Crippen LogP contribution in [0.25, 0.3) is 0 Å². The van der Waals surface area contributed by atoms with Gasteiger partial charge < -0.3 is 25.3 Å². The number of anilines is 2. The summed E-state index contributed by atoms with van der Waals surface area (Å²) in [6, 6.07) is 10.8. The van der Waals surface area contributed by atoms with Gasteiger partial charge in [-0.1, -0.05) is 12.1 Å². The van der Waals surface area contributed by atoms with Crippen molar-refractivity contribution < 1.29 is 28.2 Å². The number of carbonyl (C=O) groups is 2. The molecule has 0 spiro atoms. The molecule has 3 aromatic rings. The van der Waals surface area contributed by atoms with Crippen molar-refractivity contribution in [1.29, 1.82) is 5.26 Å². The van der Waals surface area contributed by atoms with E-state index in [4.69, 9.17) is 19.9 Å². The second-order valence-electron chi connectivity index (χ2n) is 6.68. The molecule has 34 heavy (non-hydrogen) atoms. The Morgan fingerprint density at radius 3 is 2.35 bits per heavy atom. The summed E-state index contributed by atoms with van der Waals surface area (Å²) in [5.41, 5.74) is 6.51. The van der Waals surface area contributed by atoms with Crippen molar-refractivity contribution in [2.24, 2.45) is 0 Å². The Morgan fingerprint density at radius 2 is 1.79 bits per heavy atom. The lowest BCUT2D eigenvalue weighted by atomic mass is 10.1. The third kappa shape index (κ3) is 5.08. The number of rotatable bonds is 9. The molecular formula is C23H20FN3O5S2. The Kier molecular flexibility index (Phi) is 7.99. The van der Waals surface area contributed by atoms with Crippen molar-refractivity contribution >= 4 is 46.2 Å². The monoisotopic (exact) mass is 501 g/mol. The number of ether oxygens (including phenoxy) is 3. The number of nitrogens with two attached hydrogens (primary N) is 1. The first kappa shape index (κ1) is 24.9. The van der Waals surface area contributed by atoms with Crippen molar-refractivity contribution in [2.45, 2.75) is 4.21 Å². The average Bonchev–Trinajstić information content (AvgIpc) is 3.17. The first-order valence-electron chi connectivity index (χ1n) is 9.68. The number of nitrogens with one attached hydrogen (secondary N) is 1. The molecule has 0 saturated carbocycles. The molecule has 0 aliphatic heterocycles. The van der Waals surface area contributed by atoms with Crippen LogP contribution in [0.15, 0.2) is 40.6 Å². The minimum absolute atomic E-state index is 0.0169. The maximum absolute atomic E-state index is 13.8. The lowest BCUT2D eigenvalue weighted by Crippen LogP contribution is -2.14. The zero-order valence-corrected chi connectivity index (χ0v) is 20.1. The van der Waals surface area contributed by atoms with Gasteiger partial charge in [0.05, 0.1) is 42.7 Å². The van der Waals surface area contributed by atoms with Crippen LogP contribution in [-0.2, 0) is 4.79 Å². The first-order valence-corrected chi connectivity index (χ1v) is 11.5. The molecule has 0 radical (unpaired) electrons. The number of methoxy groups -OCH3 is 3. The van der Waals surface area contributed by atoms with E-state index < -0.39 is 17.5 Å². The highest BCUT2D eigenvalue weighted by atomic mass is 32.2. The standard InChI is InChI=1S/C23H20FN3O5S2/c1-30-16-8-12(9-17(31-2)21(16)32-3)20(29)22-19(26)13(10-25)23(34-22)33-11-18(28)27-15-7-5-4-6-14(15)24/h4-9H,11,26H2,1-3H3,(H,27,28). The number of para-hydroxylation sites is 1. The van der Waals surface area contributed by atoms with E-state index >= 15 is 0 Å². The van der Waals surface area contributed by atoms with Gasteiger partial charge in [-0.15, -0.1) is 23.1 Å². The highest BCUT2D eigenvalue weighted by Gasteiger charge is 2.25. The van der Waals surface area contributed by atoms with Gasteiger partial charge in [0, 0.05) is 5.56 Å². The number of thioether (sulfide) groups is 1. The van der Waals surface area contributed by atoms with E-state index in [0.29, 0.717) is 21.5 Å². The molecule has 3 N–H and O–H groups in total. The van der Waals surface area contributed by atoms with E-state index in [9.17, 15) is 19.2 Å². The minimum atomic E-state index is -0.558. The lowest BCUT2D eigenvalue weighted by Gasteiger charge is -2.13. The Bertz CT molecular complexity index is 1260. The fraction of sp³-hybridized carbons (Fsp3) is 0.174. The van der Waals surface area contributed by atoms with Crippen LogP contribution in [0.5, 0.6) is 17.2 Å². The number of halogens is 1. The lowest BCUT2D eigenvalue weighted by molar-refractivity contribution is -0.113. The predicted molar refractivity (Wildman–Crippen MR) is 129 cm³/mol. The van der Waals surface area contributed by atoms with Crippen molar-refractivity contribution in [3.8, 4) is 23.3 Å². The normalized spacial score (nSPS) is 10.3. The molecule has 0 unspecified atom stereocenters. The number of amides is 1. The number of benzene rings is 2. The van der Waals surface area contributed by atoms with Gasteiger partial charge in [-0.2, -0.15) is 5.26 Å². The fourth-order valence-corrected chi connectivity index (χ4v) is 5.18. The quantitative estimate of drug-likeness (QED) is 0.328. The molecule has 11 heteroatoms. The van der Waals surface area contributed by atoms with Crippen LogP contribution in [0.4, 0.5) is 15.8 Å². The number of hydrogen-bond donors (Lipinski definition) is 2. The zero-order chi connectivity index (χ0) is 24.8. The van der Waals surface area contributed by atoms with Crippen molar-refractivity contribution in [2.75, 3.05) is 38.1 Å². The third-order valence-electron chi connectivity index (χ3n) is 4.64. The number of carbonyl (C=O) groups excluding carboxylic acids is 2. The maximum atomic E-state index is 13.8. The molecule has 3 rings (SSSR count). The Morgan fingerprint density at radius 1 is 1.15 bits per heavy atom. The van der Waals surface area contributed by atoms with Gasteiger partial charge in [-0.3, -0.25) is 9.59 Å². The van der Waals surface area contributed by atoms with E-state index in [-0.39, 0.29) is 33.1 Å². The van der Waals surface area contributed by atoms with Gasteiger partial charge in [0.25, 0.3) is 0 Å². The van der Waals surface area contributed by atoms with Crippen LogP contribution >= 0.6 is 23.1 Å². The van der Waals surface area contributed by atoms with Crippen molar-refractivity contribution in [3.05, 3.63) is 58.2 Å². The molecule has 176 valence electrons. The summed E-state index contributed by atoms with van der Waals surface area (Å²) in [7, 11) is 4.31. The molecule has 2 aromatic carbocycles. The molecular weight excluding hydrogens is 481 g/mol. The predicted octanol–water partition coefficient (Wildman–Crippen LogP) is 4.33. The number of nitrogens with zero attached hydrogens (tertiary/aromatic N) is 1. The second kappa shape index (κ2) is 10.9. The number of thiophene rings is 1. The molecule has 0 saturated heterocycles. The molecule has 0 fully saturated rings. The van der Waals surface area contributed by atoms with Crippen molar-refractivity contribution in [1.82, 2.24) is 0 Å². The molecule has 1 amide bonds. The van der Waals surface area contributed by atoms with Gasteiger partial charge >= 0.3 is 0 Å². The summed E-state index contributed by atoms with van der Waals surface area (Å²) in [6.07, 6.45) is 0. The fourth-order valence-electron chi connectivity index (χ4n) is 3.02. The molecule has 0 atom stereocenters. The summed E-state index contributed by atoms with van der Waals surface area (Å²) in [5, 5.41) is 12.1. The Labute approximate surface area is 203 Å². The number of ketones is 1. The van der Waals surface area contributed by atoms with Crippen LogP contribution in [0.2, 0.25) is 0 Å². The van der Waals surface area contributed by atoms with E-state index in [0.717, 1.165) is 23.1 Å². The summed E-state index contributed by atoms with van der Waals surface area (Å²) in [6.45, 7) is 0. The smallest absolute Gasteiger partial charge is 0.234 e. The van der Waals surface area contributed by atoms with Gasteiger partial charge in [0.2, 0.25) is 17.4 Å². The molecule has 1 heterocycles. The SMILES string of the molecule is COc1cc(C(=O)c2sc(SCC(=O)Nc3ccccc3F)c(C#N)c2N)cc(OC)c1OC. The average molecular weight is 502 g/mol. The summed E-state index contributed by atoms with van der Waals surface area (Å²) in [5.74, 6) is -0.668. The minimum Gasteiger partial charge on any atom is -0.493 e. The van der Waals surface area contributed by atoms with Crippen LogP contribution in [-0.4, -0.2) is 38.8 Å². The van der Waals surface area contributed by atoms with Gasteiger partial charge in [-0.05, 0) is 24.3 Å². The number of hydrogen-bond acceptors (Lipinski definition) is 9. The second-order valence-corrected chi connectivity index (χ2v) is 8.94. The number of nitriles is 1. The molecule has 8 nitrogen and oxygen atoms in total. The maximum Gasteiger partial charge on any atom is 0.234 e. The largest absolute Gasteiger partial charge is 0.493 e. The van der Waals surface area contributed by atoms with Crippen LogP contribution in [0.3, 0.4) is 0 Å². The van der Waals surface area contributed by atoms with Crippen LogP contribution in [0, 0.1) is 17.1 Å². The van der Waals surface area contributed by atoms with E-state index in [1.165, 1.54) is 51.7 Å². The summed E-state index contributed by atoms with van der Waals surface area (Å²) >= 11 is 2.03.